The van der Waals surface area contributed by atoms with Gasteiger partial charge in [-0.1, -0.05) is 72.3 Å². The molecule has 5 heteroatoms. The fourth-order valence-electron chi connectivity index (χ4n) is 3.14. The summed E-state index contributed by atoms with van der Waals surface area (Å²) in [5.74, 6) is -3.25. The standard InChI is InChI=1S/C23H18O5/c1-14-9-11-16(12-10-14)21(23(27)28)19(22(25)26)13-20(24)18-8-4-6-15-5-2-3-7-17(15)18/h2-12H,13H2,1H3,(H,25,26)(H,27,28)/b21-19+. The van der Waals surface area contributed by atoms with Crippen molar-refractivity contribution >= 4 is 34.1 Å². The molecule has 3 rings (SSSR count). The SMILES string of the molecule is Cc1ccc(/C(C(=O)O)=C(/CC(=O)c2cccc3ccccc23)C(=O)O)cc1. The zero-order valence-corrected chi connectivity index (χ0v) is 15.2. The maximum absolute atomic E-state index is 12.9. The highest BCUT2D eigenvalue weighted by Gasteiger charge is 2.25. The molecule has 0 amide bonds. The molecule has 0 spiro atoms. The van der Waals surface area contributed by atoms with E-state index in [-0.39, 0.29) is 11.1 Å². The van der Waals surface area contributed by atoms with Gasteiger partial charge < -0.3 is 10.2 Å². The minimum atomic E-state index is -1.42. The Kier molecular flexibility index (Phi) is 5.36. The number of ketones is 1. The molecule has 0 bridgehead atoms. The molecule has 0 aliphatic heterocycles. The molecule has 0 unspecified atom stereocenters. The van der Waals surface area contributed by atoms with Crippen LogP contribution in [0.5, 0.6) is 0 Å². The third kappa shape index (κ3) is 3.83. The summed E-state index contributed by atoms with van der Waals surface area (Å²) in [5, 5.41) is 20.8. The van der Waals surface area contributed by atoms with Crippen molar-refractivity contribution < 1.29 is 24.6 Å². The van der Waals surface area contributed by atoms with Gasteiger partial charge in [-0.3, -0.25) is 4.79 Å². The maximum Gasteiger partial charge on any atom is 0.336 e. The lowest BCUT2D eigenvalue weighted by Crippen LogP contribution is -2.14. The predicted octanol–water partition coefficient (Wildman–Crippen LogP) is 4.34. The first-order valence-electron chi connectivity index (χ1n) is 8.66. The highest BCUT2D eigenvalue weighted by atomic mass is 16.4. The van der Waals surface area contributed by atoms with Crippen molar-refractivity contribution in [1.29, 1.82) is 0 Å². The van der Waals surface area contributed by atoms with Gasteiger partial charge in [-0.25, -0.2) is 9.59 Å². The maximum atomic E-state index is 12.9. The van der Waals surface area contributed by atoms with Gasteiger partial charge in [-0.15, -0.1) is 0 Å². The number of hydrogen-bond acceptors (Lipinski definition) is 3. The first-order valence-corrected chi connectivity index (χ1v) is 8.66. The van der Waals surface area contributed by atoms with Crippen LogP contribution < -0.4 is 0 Å². The number of aliphatic carboxylic acids is 2. The van der Waals surface area contributed by atoms with Crippen LogP contribution in [0.25, 0.3) is 16.3 Å². The molecule has 0 radical (unpaired) electrons. The molecule has 0 saturated heterocycles. The van der Waals surface area contributed by atoms with Crippen LogP contribution in [0, 0.1) is 6.92 Å². The van der Waals surface area contributed by atoms with Gasteiger partial charge in [-0.2, -0.15) is 0 Å². The highest BCUT2D eigenvalue weighted by Crippen LogP contribution is 2.26. The largest absolute Gasteiger partial charge is 0.478 e. The summed E-state index contributed by atoms with van der Waals surface area (Å²) in [6.07, 6.45) is -0.515. The molecule has 0 aliphatic rings. The van der Waals surface area contributed by atoms with E-state index in [1.54, 1.807) is 48.5 Å². The van der Waals surface area contributed by atoms with Crippen molar-refractivity contribution in [2.45, 2.75) is 13.3 Å². The molecule has 28 heavy (non-hydrogen) atoms. The molecule has 0 saturated carbocycles. The molecule has 2 N–H and O–H groups in total. The molecule has 3 aromatic rings. The van der Waals surface area contributed by atoms with E-state index in [1.165, 1.54) is 0 Å². The van der Waals surface area contributed by atoms with Gasteiger partial charge >= 0.3 is 11.9 Å². The first-order chi connectivity index (χ1) is 13.4. The Morgan fingerprint density at radius 1 is 0.786 bits per heavy atom. The first kappa shape index (κ1) is 19.0. The minimum absolute atomic E-state index is 0.251. The normalized spacial score (nSPS) is 11.8. The van der Waals surface area contributed by atoms with Crippen LogP contribution in [0.4, 0.5) is 0 Å². The van der Waals surface area contributed by atoms with Gasteiger partial charge in [0.05, 0.1) is 11.1 Å². The Hall–Kier alpha value is -3.73. The van der Waals surface area contributed by atoms with Crippen LogP contribution >= 0.6 is 0 Å². The van der Waals surface area contributed by atoms with Gasteiger partial charge in [0.15, 0.2) is 5.78 Å². The molecular weight excluding hydrogens is 356 g/mol. The summed E-state index contributed by atoms with van der Waals surface area (Å²) in [5.41, 5.74) is 0.722. The van der Waals surface area contributed by atoms with Crippen LogP contribution in [0.1, 0.15) is 27.9 Å². The van der Waals surface area contributed by atoms with Gasteiger partial charge in [0, 0.05) is 12.0 Å². The summed E-state index contributed by atoms with van der Waals surface area (Å²) < 4.78 is 0. The van der Waals surface area contributed by atoms with Crippen LogP contribution in [-0.2, 0) is 9.59 Å². The van der Waals surface area contributed by atoms with Crippen molar-refractivity contribution in [2.24, 2.45) is 0 Å². The summed E-state index contributed by atoms with van der Waals surface area (Å²) in [6, 6.07) is 19.0. The number of fused-ring (bicyclic) bond motifs is 1. The van der Waals surface area contributed by atoms with Crippen molar-refractivity contribution in [3.63, 3.8) is 0 Å². The summed E-state index contributed by atoms with van der Waals surface area (Å²) >= 11 is 0. The minimum Gasteiger partial charge on any atom is -0.478 e. The fraction of sp³-hybridized carbons (Fsp3) is 0.0870. The average molecular weight is 374 g/mol. The topological polar surface area (TPSA) is 91.7 Å². The van der Waals surface area contributed by atoms with E-state index in [1.807, 2.05) is 25.1 Å². The second-order valence-electron chi connectivity index (χ2n) is 6.46. The van der Waals surface area contributed by atoms with Gasteiger partial charge in [0.2, 0.25) is 0 Å². The number of benzene rings is 3. The Morgan fingerprint density at radius 3 is 2.07 bits per heavy atom. The molecule has 5 nitrogen and oxygen atoms in total. The monoisotopic (exact) mass is 374 g/mol. The number of rotatable bonds is 6. The Morgan fingerprint density at radius 2 is 1.43 bits per heavy atom. The Balaban J connectivity index is 2.09. The van der Waals surface area contributed by atoms with Crippen LogP contribution in [-0.4, -0.2) is 27.9 Å². The highest BCUT2D eigenvalue weighted by molar-refractivity contribution is 6.24. The van der Waals surface area contributed by atoms with Crippen molar-refractivity contribution in [1.82, 2.24) is 0 Å². The van der Waals surface area contributed by atoms with E-state index >= 15 is 0 Å². The van der Waals surface area contributed by atoms with E-state index < -0.39 is 29.7 Å². The number of aryl methyl sites for hydroxylation is 1. The molecule has 140 valence electrons. The number of carboxylic acids is 2. The smallest absolute Gasteiger partial charge is 0.336 e. The molecule has 0 fully saturated rings. The number of hydrogen-bond donors (Lipinski definition) is 2. The van der Waals surface area contributed by atoms with Crippen molar-refractivity contribution in [2.75, 3.05) is 0 Å². The number of carbonyl (C=O) groups is 3. The third-order valence-electron chi connectivity index (χ3n) is 4.54. The van der Waals surface area contributed by atoms with Gasteiger partial charge in [0.1, 0.15) is 0 Å². The predicted molar refractivity (Wildman–Crippen MR) is 106 cm³/mol. The van der Waals surface area contributed by atoms with E-state index in [4.69, 9.17) is 0 Å². The lowest BCUT2D eigenvalue weighted by atomic mass is 9.92. The Labute approximate surface area is 161 Å². The zero-order chi connectivity index (χ0) is 20.3. The second-order valence-corrected chi connectivity index (χ2v) is 6.46. The molecule has 0 aliphatic carbocycles. The summed E-state index contributed by atoms with van der Waals surface area (Å²) in [4.78, 5) is 36.6. The zero-order valence-electron chi connectivity index (χ0n) is 15.2. The Bertz CT molecular complexity index is 1100. The van der Waals surface area contributed by atoms with Crippen molar-refractivity contribution in [3.05, 3.63) is 89.0 Å². The van der Waals surface area contributed by atoms with Gasteiger partial charge in [-0.05, 0) is 23.3 Å². The quantitative estimate of drug-likeness (QED) is 0.494. The van der Waals surface area contributed by atoms with E-state index in [9.17, 15) is 24.6 Å². The summed E-state index contributed by atoms with van der Waals surface area (Å²) in [6.45, 7) is 1.84. The lowest BCUT2D eigenvalue weighted by Gasteiger charge is -2.11. The van der Waals surface area contributed by atoms with E-state index in [2.05, 4.69) is 0 Å². The molecular formula is C23H18O5. The fourth-order valence-corrected chi connectivity index (χ4v) is 3.14. The number of carbonyl (C=O) groups excluding carboxylic acids is 1. The second kappa shape index (κ2) is 7.88. The van der Waals surface area contributed by atoms with Crippen LogP contribution in [0.15, 0.2) is 72.3 Å². The molecule has 0 heterocycles. The van der Waals surface area contributed by atoms with E-state index in [0.29, 0.717) is 10.9 Å². The average Bonchev–Trinajstić information content (AvgIpc) is 2.68. The molecule has 0 atom stereocenters. The van der Waals surface area contributed by atoms with Gasteiger partial charge in [0.25, 0.3) is 0 Å². The van der Waals surface area contributed by atoms with Crippen molar-refractivity contribution in [3.8, 4) is 0 Å². The molecule has 3 aromatic carbocycles. The third-order valence-corrected chi connectivity index (χ3v) is 4.54. The molecule has 0 aromatic heterocycles. The van der Waals surface area contributed by atoms with E-state index in [0.717, 1.165) is 10.9 Å². The number of carboxylic acid groups (broad SMARTS) is 2. The van der Waals surface area contributed by atoms with Crippen LogP contribution in [0.3, 0.4) is 0 Å². The van der Waals surface area contributed by atoms with Crippen LogP contribution in [0.2, 0.25) is 0 Å². The lowest BCUT2D eigenvalue weighted by molar-refractivity contribution is -0.134. The summed E-state index contributed by atoms with van der Waals surface area (Å²) in [7, 11) is 0. The number of Topliss-reactive ketones (excluding diaryl/α,β-unsaturated/α-hetero) is 1.